The Morgan fingerprint density at radius 2 is 1.89 bits per heavy atom. The summed E-state index contributed by atoms with van der Waals surface area (Å²) in [6.07, 6.45) is 6.71. The molecule has 0 saturated heterocycles. The molecule has 0 bridgehead atoms. The Bertz CT molecular complexity index is 401. The van der Waals surface area contributed by atoms with Crippen LogP contribution in [-0.4, -0.2) is 6.54 Å². The molecule has 1 N–H and O–H groups in total. The van der Waals surface area contributed by atoms with Crippen LogP contribution in [0.15, 0.2) is 30.3 Å². The highest BCUT2D eigenvalue weighted by atomic mass is 14.9. The Morgan fingerprint density at radius 1 is 1.21 bits per heavy atom. The molecule has 0 aliphatic heterocycles. The summed E-state index contributed by atoms with van der Waals surface area (Å²) in [6.45, 7) is 2.77. The number of nitriles is 1. The van der Waals surface area contributed by atoms with Crippen LogP contribution in [0.4, 0.5) is 0 Å². The van der Waals surface area contributed by atoms with Gasteiger partial charge in [0.25, 0.3) is 0 Å². The fourth-order valence-corrected chi connectivity index (χ4v) is 3.03. The van der Waals surface area contributed by atoms with Gasteiger partial charge in [-0.15, -0.1) is 0 Å². The van der Waals surface area contributed by atoms with Gasteiger partial charge in [-0.25, -0.2) is 0 Å². The first-order valence-electron chi connectivity index (χ1n) is 7.49. The molecule has 0 amide bonds. The third-order valence-corrected chi connectivity index (χ3v) is 4.14. The fraction of sp³-hybridized carbons (Fsp3) is 0.588. The lowest BCUT2D eigenvalue weighted by Crippen LogP contribution is -2.32. The summed E-state index contributed by atoms with van der Waals surface area (Å²) in [6, 6.07) is 13.4. The Labute approximate surface area is 116 Å². The Kier molecular flexibility index (Phi) is 5.42. The molecule has 102 valence electrons. The van der Waals surface area contributed by atoms with Crippen LogP contribution in [-0.2, 0) is 0 Å². The average Bonchev–Trinajstić information content (AvgIpc) is 2.49. The van der Waals surface area contributed by atoms with E-state index in [-0.39, 0.29) is 5.92 Å². The zero-order chi connectivity index (χ0) is 13.5. The highest BCUT2D eigenvalue weighted by molar-refractivity contribution is 5.20. The van der Waals surface area contributed by atoms with Crippen molar-refractivity contribution in [2.45, 2.75) is 45.1 Å². The van der Waals surface area contributed by atoms with Crippen LogP contribution in [0.3, 0.4) is 0 Å². The van der Waals surface area contributed by atoms with E-state index >= 15 is 0 Å². The van der Waals surface area contributed by atoms with E-state index in [1.54, 1.807) is 0 Å². The molecule has 2 heteroatoms. The normalized spacial score (nSPS) is 19.6. The second kappa shape index (κ2) is 7.31. The maximum absolute atomic E-state index is 8.94. The maximum Gasteiger partial charge on any atom is 0.0666 e. The number of hydrogen-bond donors (Lipinski definition) is 1. The van der Waals surface area contributed by atoms with E-state index in [4.69, 9.17) is 5.26 Å². The van der Waals surface area contributed by atoms with Crippen molar-refractivity contribution < 1.29 is 0 Å². The van der Waals surface area contributed by atoms with Gasteiger partial charge in [-0.3, -0.25) is 0 Å². The molecule has 2 nitrogen and oxygen atoms in total. The molecular formula is C17H24N2. The maximum atomic E-state index is 8.94. The van der Waals surface area contributed by atoms with Crippen molar-refractivity contribution in [3.63, 3.8) is 0 Å². The minimum Gasteiger partial charge on any atom is -0.308 e. The molecule has 1 aliphatic rings. The fourth-order valence-electron chi connectivity index (χ4n) is 3.03. The zero-order valence-electron chi connectivity index (χ0n) is 11.8. The highest BCUT2D eigenvalue weighted by Crippen LogP contribution is 2.34. The van der Waals surface area contributed by atoms with Crippen molar-refractivity contribution in [1.29, 1.82) is 5.26 Å². The molecule has 2 rings (SSSR count). The van der Waals surface area contributed by atoms with E-state index in [1.165, 1.54) is 37.7 Å². The van der Waals surface area contributed by atoms with Crippen LogP contribution in [0.1, 0.15) is 50.6 Å². The minimum atomic E-state index is 0.0785. The molecule has 1 aromatic carbocycles. The molecule has 1 saturated carbocycles. The standard InChI is InChI=1S/C17H24N2/c1-14(12-18)13-19-17(15-8-4-2-5-9-15)16-10-6-3-7-11-16/h2,4-5,8-9,14,16-17,19H,3,6-7,10-11,13H2,1H3. The topological polar surface area (TPSA) is 35.8 Å². The van der Waals surface area contributed by atoms with Crippen molar-refractivity contribution in [3.05, 3.63) is 35.9 Å². The van der Waals surface area contributed by atoms with Gasteiger partial charge < -0.3 is 5.32 Å². The van der Waals surface area contributed by atoms with Crippen molar-refractivity contribution >= 4 is 0 Å². The first kappa shape index (κ1) is 14.1. The second-order valence-corrected chi connectivity index (χ2v) is 5.72. The van der Waals surface area contributed by atoms with Gasteiger partial charge in [-0.05, 0) is 31.2 Å². The predicted molar refractivity (Wildman–Crippen MR) is 78.5 cm³/mol. The van der Waals surface area contributed by atoms with E-state index in [9.17, 15) is 0 Å². The molecule has 1 aromatic rings. The summed E-state index contributed by atoms with van der Waals surface area (Å²) in [7, 11) is 0. The molecule has 19 heavy (non-hydrogen) atoms. The summed E-state index contributed by atoms with van der Waals surface area (Å²) >= 11 is 0. The number of nitrogens with one attached hydrogen (secondary N) is 1. The van der Waals surface area contributed by atoms with E-state index in [1.807, 2.05) is 6.92 Å². The van der Waals surface area contributed by atoms with E-state index in [2.05, 4.69) is 41.7 Å². The number of hydrogen-bond acceptors (Lipinski definition) is 2. The Hall–Kier alpha value is -1.33. The van der Waals surface area contributed by atoms with Gasteiger partial charge in [0.2, 0.25) is 0 Å². The van der Waals surface area contributed by atoms with E-state index < -0.39 is 0 Å². The number of nitrogens with zero attached hydrogens (tertiary/aromatic N) is 1. The molecule has 0 aromatic heterocycles. The van der Waals surface area contributed by atoms with Gasteiger partial charge in [0.05, 0.1) is 12.0 Å². The quantitative estimate of drug-likeness (QED) is 0.862. The van der Waals surface area contributed by atoms with Gasteiger partial charge in [-0.2, -0.15) is 5.26 Å². The number of benzene rings is 1. The predicted octanol–water partition coefficient (Wildman–Crippen LogP) is 4.06. The molecular weight excluding hydrogens is 232 g/mol. The summed E-state index contributed by atoms with van der Waals surface area (Å²) < 4.78 is 0. The summed E-state index contributed by atoms with van der Waals surface area (Å²) in [5.74, 6) is 0.803. The Morgan fingerprint density at radius 3 is 2.53 bits per heavy atom. The third-order valence-electron chi connectivity index (χ3n) is 4.14. The van der Waals surface area contributed by atoms with Crippen molar-refractivity contribution in [1.82, 2.24) is 5.32 Å². The lowest BCUT2D eigenvalue weighted by molar-refractivity contribution is 0.268. The Balaban J connectivity index is 2.06. The van der Waals surface area contributed by atoms with Crippen LogP contribution >= 0.6 is 0 Å². The summed E-state index contributed by atoms with van der Waals surface area (Å²) in [5, 5.41) is 12.6. The molecule has 0 radical (unpaired) electrons. The lowest BCUT2D eigenvalue weighted by Gasteiger charge is -2.32. The molecule has 2 unspecified atom stereocenters. The second-order valence-electron chi connectivity index (χ2n) is 5.72. The molecule has 0 spiro atoms. The van der Waals surface area contributed by atoms with Gasteiger partial charge in [0.15, 0.2) is 0 Å². The van der Waals surface area contributed by atoms with Gasteiger partial charge in [0, 0.05) is 12.6 Å². The van der Waals surface area contributed by atoms with Crippen molar-refractivity contribution in [2.75, 3.05) is 6.54 Å². The van der Waals surface area contributed by atoms with Crippen LogP contribution in [0.25, 0.3) is 0 Å². The SMILES string of the molecule is CC(C#N)CNC(c1ccccc1)C1CCCCC1. The summed E-state index contributed by atoms with van der Waals surface area (Å²) in [5.41, 5.74) is 1.37. The smallest absolute Gasteiger partial charge is 0.0666 e. The molecule has 0 heterocycles. The first-order chi connectivity index (χ1) is 9.31. The lowest BCUT2D eigenvalue weighted by atomic mass is 9.81. The molecule has 1 fully saturated rings. The largest absolute Gasteiger partial charge is 0.308 e. The third kappa shape index (κ3) is 4.08. The van der Waals surface area contributed by atoms with E-state index in [0.29, 0.717) is 6.04 Å². The van der Waals surface area contributed by atoms with Crippen LogP contribution in [0, 0.1) is 23.2 Å². The highest BCUT2D eigenvalue weighted by Gasteiger charge is 2.24. The van der Waals surface area contributed by atoms with Crippen LogP contribution < -0.4 is 5.32 Å². The number of rotatable bonds is 5. The minimum absolute atomic E-state index is 0.0785. The van der Waals surface area contributed by atoms with Crippen molar-refractivity contribution in [2.24, 2.45) is 11.8 Å². The first-order valence-corrected chi connectivity index (χ1v) is 7.49. The van der Waals surface area contributed by atoms with Gasteiger partial charge in [0.1, 0.15) is 0 Å². The van der Waals surface area contributed by atoms with Crippen LogP contribution in [0.5, 0.6) is 0 Å². The van der Waals surface area contributed by atoms with E-state index in [0.717, 1.165) is 12.5 Å². The average molecular weight is 256 g/mol. The zero-order valence-corrected chi connectivity index (χ0v) is 11.8. The monoisotopic (exact) mass is 256 g/mol. The molecule has 2 atom stereocenters. The molecule has 1 aliphatic carbocycles. The van der Waals surface area contributed by atoms with Crippen LogP contribution in [0.2, 0.25) is 0 Å². The van der Waals surface area contributed by atoms with Gasteiger partial charge >= 0.3 is 0 Å². The summed E-state index contributed by atoms with van der Waals surface area (Å²) in [4.78, 5) is 0. The van der Waals surface area contributed by atoms with Gasteiger partial charge in [-0.1, -0.05) is 49.6 Å². The van der Waals surface area contributed by atoms with Crippen molar-refractivity contribution in [3.8, 4) is 6.07 Å².